The average Bonchev–Trinajstić information content (AvgIpc) is 2.71. The summed E-state index contributed by atoms with van der Waals surface area (Å²) in [5.41, 5.74) is 1.70. The number of ether oxygens (including phenoxy) is 2. The molecule has 1 aliphatic heterocycles. The van der Waals surface area contributed by atoms with E-state index in [1.807, 2.05) is 53.4 Å². The lowest BCUT2D eigenvalue weighted by Crippen LogP contribution is -2.48. The Bertz CT molecular complexity index is 751. The zero-order valence-electron chi connectivity index (χ0n) is 15.5. The number of hydrogen-bond donors (Lipinski definition) is 1. The van der Waals surface area contributed by atoms with Gasteiger partial charge in [0.05, 0.1) is 12.6 Å². The number of rotatable bonds is 7. The molecule has 6 heteroatoms. The van der Waals surface area contributed by atoms with Crippen LogP contribution in [0.15, 0.2) is 48.5 Å². The largest absolute Gasteiger partial charge is 0.494 e. The fraction of sp³-hybridized carbons (Fsp3) is 0.381. The van der Waals surface area contributed by atoms with Crippen molar-refractivity contribution in [2.75, 3.05) is 40.0 Å². The fourth-order valence-corrected chi connectivity index (χ4v) is 3.41. The van der Waals surface area contributed by atoms with Gasteiger partial charge < -0.3 is 19.7 Å². The SMILES string of the molecule is COCCCOc1ccc(C(=O)N2CCNCC2c2cccc(Cl)c2)cc1. The Morgan fingerprint density at radius 3 is 2.78 bits per heavy atom. The van der Waals surface area contributed by atoms with Crippen LogP contribution in [0.4, 0.5) is 0 Å². The Balaban J connectivity index is 1.69. The maximum atomic E-state index is 13.1. The molecule has 1 heterocycles. The molecule has 1 aliphatic rings. The Morgan fingerprint density at radius 2 is 2.04 bits per heavy atom. The van der Waals surface area contributed by atoms with Gasteiger partial charge in [0.1, 0.15) is 5.75 Å². The lowest BCUT2D eigenvalue weighted by molar-refractivity contribution is 0.0634. The molecule has 2 aromatic carbocycles. The van der Waals surface area contributed by atoms with Crippen molar-refractivity contribution in [2.45, 2.75) is 12.5 Å². The highest BCUT2D eigenvalue weighted by atomic mass is 35.5. The molecule has 1 amide bonds. The summed E-state index contributed by atoms with van der Waals surface area (Å²) in [6, 6.07) is 15.0. The highest BCUT2D eigenvalue weighted by Crippen LogP contribution is 2.26. The van der Waals surface area contributed by atoms with Gasteiger partial charge in [-0.25, -0.2) is 0 Å². The van der Waals surface area contributed by atoms with Gasteiger partial charge in [0.25, 0.3) is 5.91 Å². The second-order valence-corrected chi connectivity index (χ2v) is 6.93. The molecule has 0 bridgehead atoms. The number of hydrogen-bond acceptors (Lipinski definition) is 4. The standard InChI is InChI=1S/C21H25ClN2O3/c1-26-12-3-13-27-19-8-6-16(7-9-19)21(25)24-11-10-23-15-20(24)17-4-2-5-18(22)14-17/h2,4-9,14,20,23H,3,10-13,15H2,1H3. The monoisotopic (exact) mass is 388 g/mol. The topological polar surface area (TPSA) is 50.8 Å². The number of nitrogens with zero attached hydrogens (tertiary/aromatic N) is 1. The first-order valence-electron chi connectivity index (χ1n) is 9.18. The van der Waals surface area contributed by atoms with Gasteiger partial charge in [0.2, 0.25) is 0 Å². The first-order valence-corrected chi connectivity index (χ1v) is 9.56. The predicted molar refractivity (Wildman–Crippen MR) is 107 cm³/mol. The Hall–Kier alpha value is -2.08. The summed E-state index contributed by atoms with van der Waals surface area (Å²) >= 11 is 6.14. The first-order chi connectivity index (χ1) is 13.2. The second-order valence-electron chi connectivity index (χ2n) is 6.49. The molecule has 1 unspecified atom stereocenters. The van der Waals surface area contributed by atoms with Gasteiger partial charge >= 0.3 is 0 Å². The molecule has 3 rings (SSSR count). The van der Waals surface area contributed by atoms with Crippen LogP contribution < -0.4 is 10.1 Å². The van der Waals surface area contributed by atoms with E-state index in [-0.39, 0.29) is 11.9 Å². The van der Waals surface area contributed by atoms with E-state index < -0.39 is 0 Å². The molecule has 1 atom stereocenters. The van der Waals surface area contributed by atoms with Gasteiger partial charge in [-0.1, -0.05) is 23.7 Å². The molecule has 0 aliphatic carbocycles. The number of amides is 1. The number of benzene rings is 2. The van der Waals surface area contributed by atoms with Crippen LogP contribution in [0.25, 0.3) is 0 Å². The molecule has 0 aromatic heterocycles. The zero-order valence-corrected chi connectivity index (χ0v) is 16.2. The maximum absolute atomic E-state index is 13.1. The summed E-state index contributed by atoms with van der Waals surface area (Å²) < 4.78 is 10.7. The van der Waals surface area contributed by atoms with Crippen LogP contribution in [-0.2, 0) is 4.74 Å². The minimum atomic E-state index is -0.0325. The summed E-state index contributed by atoms with van der Waals surface area (Å²) in [6.07, 6.45) is 0.833. The van der Waals surface area contributed by atoms with Gasteiger partial charge in [0.15, 0.2) is 0 Å². The van der Waals surface area contributed by atoms with Gasteiger partial charge in [0, 0.05) is 50.4 Å². The van der Waals surface area contributed by atoms with Crippen molar-refractivity contribution in [2.24, 2.45) is 0 Å². The van der Waals surface area contributed by atoms with Gasteiger partial charge in [-0.2, -0.15) is 0 Å². The Labute approximate surface area is 165 Å². The predicted octanol–water partition coefficient (Wildman–Crippen LogP) is 3.54. The van der Waals surface area contributed by atoms with E-state index in [1.54, 1.807) is 7.11 Å². The minimum absolute atomic E-state index is 0.0207. The number of carbonyl (C=O) groups is 1. The van der Waals surface area contributed by atoms with Gasteiger partial charge in [-0.3, -0.25) is 4.79 Å². The van der Waals surface area contributed by atoms with Crippen molar-refractivity contribution in [1.82, 2.24) is 10.2 Å². The first kappa shape index (κ1) is 19.7. The normalized spacial score (nSPS) is 17.0. The molecule has 144 valence electrons. The van der Waals surface area contributed by atoms with E-state index in [9.17, 15) is 4.79 Å². The maximum Gasteiger partial charge on any atom is 0.254 e. The molecule has 0 spiro atoms. The number of carbonyl (C=O) groups excluding carboxylic acids is 1. The quantitative estimate of drug-likeness (QED) is 0.737. The number of halogens is 1. The van der Waals surface area contributed by atoms with Crippen LogP contribution in [0, 0.1) is 0 Å². The van der Waals surface area contributed by atoms with Crippen LogP contribution in [0.2, 0.25) is 5.02 Å². The third kappa shape index (κ3) is 5.22. The van der Waals surface area contributed by atoms with Crippen LogP contribution in [0.1, 0.15) is 28.4 Å². The lowest BCUT2D eigenvalue weighted by Gasteiger charge is -2.36. The van der Waals surface area contributed by atoms with Crippen molar-refractivity contribution >= 4 is 17.5 Å². The van der Waals surface area contributed by atoms with E-state index in [1.165, 1.54) is 0 Å². The van der Waals surface area contributed by atoms with Crippen LogP contribution in [0.3, 0.4) is 0 Å². The lowest BCUT2D eigenvalue weighted by atomic mass is 10.0. The third-order valence-corrected chi connectivity index (χ3v) is 4.84. The molecule has 0 radical (unpaired) electrons. The molecular weight excluding hydrogens is 364 g/mol. The van der Waals surface area contributed by atoms with Crippen molar-refractivity contribution in [3.8, 4) is 5.75 Å². The van der Waals surface area contributed by atoms with Gasteiger partial charge in [-0.15, -0.1) is 0 Å². The highest BCUT2D eigenvalue weighted by Gasteiger charge is 2.28. The smallest absolute Gasteiger partial charge is 0.254 e. The van der Waals surface area contributed by atoms with Crippen LogP contribution in [0.5, 0.6) is 5.75 Å². The van der Waals surface area contributed by atoms with Gasteiger partial charge in [-0.05, 0) is 42.0 Å². The van der Waals surface area contributed by atoms with Crippen LogP contribution >= 0.6 is 11.6 Å². The van der Waals surface area contributed by atoms with Crippen molar-refractivity contribution in [3.63, 3.8) is 0 Å². The summed E-state index contributed by atoms with van der Waals surface area (Å²) in [7, 11) is 1.67. The Morgan fingerprint density at radius 1 is 1.22 bits per heavy atom. The van der Waals surface area contributed by atoms with E-state index >= 15 is 0 Å². The fourth-order valence-electron chi connectivity index (χ4n) is 3.21. The minimum Gasteiger partial charge on any atom is -0.494 e. The molecule has 0 saturated carbocycles. The van der Waals surface area contributed by atoms with Crippen molar-refractivity contribution in [1.29, 1.82) is 0 Å². The van der Waals surface area contributed by atoms with E-state index in [0.29, 0.717) is 36.9 Å². The van der Waals surface area contributed by atoms with Crippen LogP contribution in [-0.4, -0.2) is 50.8 Å². The van der Waals surface area contributed by atoms with E-state index in [0.717, 1.165) is 24.3 Å². The van der Waals surface area contributed by atoms with E-state index in [2.05, 4.69) is 5.32 Å². The number of methoxy groups -OCH3 is 1. The second kappa shape index (κ2) is 9.74. The molecule has 5 nitrogen and oxygen atoms in total. The zero-order chi connectivity index (χ0) is 19.1. The summed E-state index contributed by atoms with van der Waals surface area (Å²) in [5.74, 6) is 0.779. The molecule has 2 aromatic rings. The van der Waals surface area contributed by atoms with Crippen molar-refractivity contribution < 1.29 is 14.3 Å². The summed E-state index contributed by atoms with van der Waals surface area (Å²) in [5, 5.41) is 4.05. The third-order valence-electron chi connectivity index (χ3n) is 4.60. The molecule has 1 fully saturated rings. The summed E-state index contributed by atoms with van der Waals surface area (Å²) in [6.45, 7) is 3.42. The number of piperazine rings is 1. The number of nitrogens with one attached hydrogen (secondary N) is 1. The van der Waals surface area contributed by atoms with Crippen molar-refractivity contribution in [3.05, 3.63) is 64.7 Å². The summed E-state index contributed by atoms with van der Waals surface area (Å²) in [4.78, 5) is 15.0. The highest BCUT2D eigenvalue weighted by molar-refractivity contribution is 6.30. The molecule has 1 N–H and O–H groups in total. The average molecular weight is 389 g/mol. The Kier molecular flexibility index (Phi) is 7.10. The van der Waals surface area contributed by atoms with E-state index in [4.69, 9.17) is 21.1 Å². The molecule has 27 heavy (non-hydrogen) atoms. The molecule has 1 saturated heterocycles. The molecular formula is C21H25ClN2O3.